The van der Waals surface area contributed by atoms with Gasteiger partial charge in [0.2, 0.25) is 0 Å². The number of rotatable bonds is 9. The van der Waals surface area contributed by atoms with Gasteiger partial charge in [0.05, 0.1) is 6.61 Å². The monoisotopic (exact) mass is 437 g/mol. The SMILES string of the molecule is CCCc1ccc(OCC(=O)Nc2sc(C)c(-c3ccccc3)c2C(=O)OCC)cc1. The summed E-state index contributed by atoms with van der Waals surface area (Å²) in [6.45, 7) is 5.94. The molecule has 0 radical (unpaired) electrons. The molecule has 3 aromatic rings. The molecule has 162 valence electrons. The van der Waals surface area contributed by atoms with Crippen LogP contribution in [-0.2, 0) is 16.0 Å². The quantitative estimate of drug-likeness (QED) is 0.425. The molecule has 0 aliphatic carbocycles. The average Bonchev–Trinajstić information content (AvgIpc) is 3.09. The molecule has 5 nitrogen and oxygen atoms in total. The molecular weight excluding hydrogens is 410 g/mol. The van der Waals surface area contributed by atoms with E-state index in [9.17, 15) is 9.59 Å². The van der Waals surface area contributed by atoms with E-state index in [-0.39, 0.29) is 19.1 Å². The van der Waals surface area contributed by atoms with Crippen molar-refractivity contribution >= 4 is 28.2 Å². The van der Waals surface area contributed by atoms with E-state index in [1.165, 1.54) is 16.9 Å². The van der Waals surface area contributed by atoms with Crippen molar-refractivity contribution in [1.82, 2.24) is 0 Å². The number of hydrogen-bond donors (Lipinski definition) is 1. The molecule has 0 spiro atoms. The standard InChI is InChI=1S/C25H27NO4S/c1-4-9-18-12-14-20(15-13-18)30-16-21(27)26-24-23(25(28)29-5-2)22(17(3)31-24)19-10-7-6-8-11-19/h6-8,10-15H,4-5,9,16H2,1-3H3,(H,26,27). The maximum atomic E-state index is 12.7. The lowest BCUT2D eigenvalue weighted by atomic mass is 10.0. The van der Waals surface area contributed by atoms with Gasteiger partial charge in [-0.05, 0) is 43.5 Å². The predicted octanol–water partition coefficient (Wildman–Crippen LogP) is 5.87. The van der Waals surface area contributed by atoms with E-state index in [4.69, 9.17) is 9.47 Å². The highest BCUT2D eigenvalue weighted by Crippen LogP contribution is 2.40. The molecule has 0 saturated heterocycles. The summed E-state index contributed by atoms with van der Waals surface area (Å²) in [6, 6.07) is 17.4. The highest BCUT2D eigenvalue weighted by Gasteiger charge is 2.25. The minimum Gasteiger partial charge on any atom is -0.484 e. The van der Waals surface area contributed by atoms with Crippen LogP contribution in [0.15, 0.2) is 54.6 Å². The van der Waals surface area contributed by atoms with Crippen molar-refractivity contribution in [2.75, 3.05) is 18.5 Å². The van der Waals surface area contributed by atoms with Crippen molar-refractivity contribution in [3.8, 4) is 16.9 Å². The predicted molar refractivity (Wildman–Crippen MR) is 125 cm³/mol. The molecule has 2 aromatic carbocycles. The molecule has 6 heteroatoms. The van der Waals surface area contributed by atoms with Crippen LogP contribution in [0.4, 0.5) is 5.00 Å². The molecular formula is C25H27NO4S. The van der Waals surface area contributed by atoms with E-state index in [1.807, 2.05) is 61.5 Å². The zero-order valence-electron chi connectivity index (χ0n) is 18.1. The Morgan fingerprint density at radius 2 is 1.71 bits per heavy atom. The van der Waals surface area contributed by atoms with Gasteiger partial charge in [0, 0.05) is 10.4 Å². The van der Waals surface area contributed by atoms with Crippen LogP contribution in [0.3, 0.4) is 0 Å². The Hall–Kier alpha value is -3.12. The molecule has 0 atom stereocenters. The van der Waals surface area contributed by atoms with E-state index in [0.29, 0.717) is 16.3 Å². The summed E-state index contributed by atoms with van der Waals surface area (Å²) in [7, 11) is 0. The first-order valence-corrected chi connectivity index (χ1v) is 11.2. The number of benzene rings is 2. The summed E-state index contributed by atoms with van der Waals surface area (Å²) in [5.74, 6) is -0.148. The Balaban J connectivity index is 1.77. The van der Waals surface area contributed by atoms with Crippen LogP contribution in [0, 0.1) is 6.92 Å². The summed E-state index contributed by atoms with van der Waals surface area (Å²) in [5.41, 5.74) is 3.31. The molecule has 0 fully saturated rings. The van der Waals surface area contributed by atoms with E-state index >= 15 is 0 Å². The maximum absolute atomic E-state index is 12.7. The van der Waals surface area contributed by atoms with Gasteiger partial charge in [-0.2, -0.15) is 0 Å². The molecule has 31 heavy (non-hydrogen) atoms. The number of nitrogens with one attached hydrogen (secondary N) is 1. The molecule has 0 saturated carbocycles. The van der Waals surface area contributed by atoms with Crippen LogP contribution in [-0.4, -0.2) is 25.1 Å². The van der Waals surface area contributed by atoms with Crippen LogP contribution >= 0.6 is 11.3 Å². The van der Waals surface area contributed by atoms with Gasteiger partial charge in [-0.1, -0.05) is 55.8 Å². The van der Waals surface area contributed by atoms with Gasteiger partial charge in [-0.3, -0.25) is 4.79 Å². The van der Waals surface area contributed by atoms with Gasteiger partial charge < -0.3 is 14.8 Å². The number of esters is 1. The van der Waals surface area contributed by atoms with Crippen molar-refractivity contribution < 1.29 is 19.1 Å². The lowest BCUT2D eigenvalue weighted by Gasteiger charge is -2.10. The number of aryl methyl sites for hydroxylation is 2. The lowest BCUT2D eigenvalue weighted by Crippen LogP contribution is -2.21. The number of amides is 1. The summed E-state index contributed by atoms with van der Waals surface area (Å²) >= 11 is 1.36. The normalized spacial score (nSPS) is 10.5. The number of hydrogen-bond acceptors (Lipinski definition) is 5. The largest absolute Gasteiger partial charge is 0.484 e. The van der Waals surface area contributed by atoms with Crippen molar-refractivity contribution in [3.05, 3.63) is 70.6 Å². The highest BCUT2D eigenvalue weighted by molar-refractivity contribution is 7.17. The fourth-order valence-corrected chi connectivity index (χ4v) is 4.42. The van der Waals surface area contributed by atoms with E-state index in [1.54, 1.807) is 6.92 Å². The van der Waals surface area contributed by atoms with Crippen LogP contribution in [0.25, 0.3) is 11.1 Å². The summed E-state index contributed by atoms with van der Waals surface area (Å²) in [6.07, 6.45) is 2.09. The zero-order valence-corrected chi connectivity index (χ0v) is 18.9. The smallest absolute Gasteiger partial charge is 0.341 e. The minimum atomic E-state index is -0.451. The minimum absolute atomic E-state index is 0.146. The maximum Gasteiger partial charge on any atom is 0.341 e. The van der Waals surface area contributed by atoms with E-state index < -0.39 is 5.97 Å². The topological polar surface area (TPSA) is 64.6 Å². The molecule has 1 aromatic heterocycles. The zero-order chi connectivity index (χ0) is 22.2. The molecule has 0 unspecified atom stereocenters. The Labute approximate surface area is 187 Å². The van der Waals surface area contributed by atoms with Crippen LogP contribution in [0.5, 0.6) is 5.75 Å². The molecule has 0 aliphatic heterocycles. The molecule has 0 bridgehead atoms. The third-order valence-electron chi connectivity index (χ3n) is 4.71. The van der Waals surface area contributed by atoms with Gasteiger partial charge in [-0.25, -0.2) is 4.79 Å². The van der Waals surface area contributed by atoms with Crippen LogP contribution in [0.2, 0.25) is 0 Å². The first-order valence-electron chi connectivity index (χ1n) is 10.4. The Bertz CT molecular complexity index is 1030. The van der Waals surface area contributed by atoms with E-state index in [0.717, 1.165) is 28.8 Å². The fraction of sp³-hybridized carbons (Fsp3) is 0.280. The number of carbonyl (C=O) groups excluding carboxylic acids is 2. The number of ether oxygens (including phenoxy) is 2. The summed E-state index contributed by atoms with van der Waals surface area (Å²) in [5, 5.41) is 3.31. The van der Waals surface area contributed by atoms with Crippen molar-refractivity contribution in [2.24, 2.45) is 0 Å². The van der Waals surface area contributed by atoms with E-state index in [2.05, 4.69) is 12.2 Å². The van der Waals surface area contributed by atoms with Gasteiger partial charge in [0.25, 0.3) is 5.91 Å². The molecule has 1 amide bonds. The summed E-state index contributed by atoms with van der Waals surface area (Å²) in [4.78, 5) is 26.2. The molecule has 1 heterocycles. The van der Waals surface area contributed by atoms with Crippen molar-refractivity contribution in [3.63, 3.8) is 0 Å². The van der Waals surface area contributed by atoms with Crippen LogP contribution in [0.1, 0.15) is 41.1 Å². The third-order valence-corrected chi connectivity index (χ3v) is 5.73. The van der Waals surface area contributed by atoms with Gasteiger partial charge in [-0.15, -0.1) is 11.3 Å². The van der Waals surface area contributed by atoms with Crippen molar-refractivity contribution in [1.29, 1.82) is 0 Å². The number of thiophene rings is 1. The van der Waals surface area contributed by atoms with Gasteiger partial charge in [0.15, 0.2) is 6.61 Å². The number of anilines is 1. The third kappa shape index (κ3) is 5.73. The molecule has 3 rings (SSSR count). The first-order chi connectivity index (χ1) is 15.0. The second-order valence-corrected chi connectivity index (χ2v) is 8.28. The van der Waals surface area contributed by atoms with Crippen LogP contribution < -0.4 is 10.1 Å². The average molecular weight is 438 g/mol. The highest BCUT2D eigenvalue weighted by atomic mass is 32.1. The molecule has 1 N–H and O–H groups in total. The Morgan fingerprint density at radius 1 is 1.00 bits per heavy atom. The second-order valence-electron chi connectivity index (χ2n) is 7.05. The van der Waals surface area contributed by atoms with Gasteiger partial charge in [0.1, 0.15) is 16.3 Å². The van der Waals surface area contributed by atoms with Gasteiger partial charge >= 0.3 is 5.97 Å². The number of carbonyl (C=O) groups is 2. The lowest BCUT2D eigenvalue weighted by molar-refractivity contribution is -0.118. The van der Waals surface area contributed by atoms with Crippen molar-refractivity contribution in [2.45, 2.75) is 33.6 Å². The molecule has 0 aliphatic rings. The Kier molecular flexibility index (Phi) is 7.84. The summed E-state index contributed by atoms with van der Waals surface area (Å²) < 4.78 is 10.9. The fourth-order valence-electron chi connectivity index (χ4n) is 3.34. The Morgan fingerprint density at radius 3 is 2.35 bits per heavy atom. The first kappa shape index (κ1) is 22.6. The second kappa shape index (κ2) is 10.8.